The van der Waals surface area contributed by atoms with Crippen LogP contribution in [0, 0.1) is 0 Å². The first kappa shape index (κ1) is 16.2. The molecular formula is C20H20N2O2S. The van der Waals surface area contributed by atoms with Crippen molar-refractivity contribution in [2.24, 2.45) is 0 Å². The number of rotatable bonds is 5. The van der Waals surface area contributed by atoms with Gasteiger partial charge in [-0.1, -0.05) is 48.2 Å². The fourth-order valence-corrected chi connectivity index (χ4v) is 4.35. The molecule has 2 aromatic carbocycles. The normalized spacial score (nSPS) is 16.4. The van der Waals surface area contributed by atoms with E-state index >= 15 is 0 Å². The number of aromatic nitrogens is 2. The van der Waals surface area contributed by atoms with Gasteiger partial charge in [0, 0.05) is 5.25 Å². The lowest BCUT2D eigenvalue weighted by Gasteiger charge is -2.23. The summed E-state index contributed by atoms with van der Waals surface area (Å²) < 4.78 is 11.1. The van der Waals surface area contributed by atoms with Crippen LogP contribution in [-0.4, -0.2) is 17.3 Å². The predicted octanol–water partition coefficient (Wildman–Crippen LogP) is 4.84. The van der Waals surface area contributed by atoms with E-state index in [1.165, 1.54) is 24.0 Å². The third-order valence-corrected chi connectivity index (χ3v) is 5.66. The van der Waals surface area contributed by atoms with E-state index in [9.17, 15) is 0 Å². The highest BCUT2D eigenvalue weighted by Crippen LogP contribution is 2.42. The third kappa shape index (κ3) is 3.71. The Morgan fingerprint density at radius 2 is 1.96 bits per heavy atom. The standard InChI is InChI=1S/C20H20N2O2S/c1-23-16-11-9-14(10-12-16)13-19-21-22-20(24-19)25-18-8-4-6-15-5-2-3-7-17(15)18/h2-3,5,7,9-12,18H,4,6,8,13H2,1H3/t18-/m1/s1. The summed E-state index contributed by atoms with van der Waals surface area (Å²) in [4.78, 5) is 0. The Morgan fingerprint density at radius 1 is 1.12 bits per heavy atom. The number of ether oxygens (including phenoxy) is 1. The highest BCUT2D eigenvalue weighted by Gasteiger charge is 2.23. The van der Waals surface area contributed by atoms with Crippen molar-refractivity contribution in [3.8, 4) is 5.75 Å². The number of nitrogens with zero attached hydrogens (tertiary/aromatic N) is 2. The maximum absolute atomic E-state index is 5.87. The van der Waals surface area contributed by atoms with Crippen LogP contribution in [0.2, 0.25) is 0 Å². The topological polar surface area (TPSA) is 48.2 Å². The lowest BCUT2D eigenvalue weighted by molar-refractivity contribution is 0.413. The Morgan fingerprint density at radius 3 is 2.80 bits per heavy atom. The Balaban J connectivity index is 1.45. The van der Waals surface area contributed by atoms with Crippen molar-refractivity contribution in [2.75, 3.05) is 7.11 Å². The molecule has 0 amide bonds. The Bertz CT molecular complexity index is 845. The number of benzene rings is 2. The molecule has 0 saturated carbocycles. The van der Waals surface area contributed by atoms with Crippen LogP contribution in [0.15, 0.2) is 58.2 Å². The molecule has 1 atom stereocenters. The molecule has 0 spiro atoms. The SMILES string of the molecule is COc1ccc(Cc2nnc(S[C@@H]3CCCc4ccccc43)o2)cc1. The van der Waals surface area contributed by atoms with Crippen LogP contribution >= 0.6 is 11.8 Å². The Labute approximate surface area is 151 Å². The minimum Gasteiger partial charge on any atom is -0.497 e. The van der Waals surface area contributed by atoms with Crippen molar-refractivity contribution in [3.05, 3.63) is 71.1 Å². The zero-order valence-corrected chi connectivity index (χ0v) is 15.0. The van der Waals surface area contributed by atoms with Gasteiger partial charge in [0.2, 0.25) is 5.89 Å². The first-order chi connectivity index (χ1) is 12.3. The van der Waals surface area contributed by atoms with Crippen molar-refractivity contribution in [3.63, 3.8) is 0 Å². The van der Waals surface area contributed by atoms with Gasteiger partial charge in [-0.15, -0.1) is 10.2 Å². The van der Waals surface area contributed by atoms with Gasteiger partial charge >= 0.3 is 0 Å². The molecule has 1 aliphatic rings. The van der Waals surface area contributed by atoms with Gasteiger partial charge < -0.3 is 9.15 Å². The van der Waals surface area contributed by atoms with Crippen molar-refractivity contribution in [2.45, 2.75) is 36.2 Å². The minimum atomic E-state index is 0.402. The van der Waals surface area contributed by atoms with Gasteiger partial charge in [0.15, 0.2) is 0 Å². The summed E-state index contributed by atoms with van der Waals surface area (Å²) in [6.45, 7) is 0. The maximum Gasteiger partial charge on any atom is 0.277 e. The van der Waals surface area contributed by atoms with E-state index in [1.54, 1.807) is 18.9 Å². The number of aryl methyl sites for hydroxylation is 1. The maximum atomic E-state index is 5.87. The van der Waals surface area contributed by atoms with Gasteiger partial charge in [-0.3, -0.25) is 0 Å². The van der Waals surface area contributed by atoms with Crippen LogP contribution in [0.4, 0.5) is 0 Å². The molecule has 5 heteroatoms. The van der Waals surface area contributed by atoms with E-state index in [2.05, 4.69) is 34.5 Å². The summed E-state index contributed by atoms with van der Waals surface area (Å²) in [7, 11) is 1.67. The van der Waals surface area contributed by atoms with Crippen LogP contribution in [-0.2, 0) is 12.8 Å². The van der Waals surface area contributed by atoms with E-state index in [-0.39, 0.29) is 0 Å². The van der Waals surface area contributed by atoms with E-state index in [1.807, 2.05) is 24.3 Å². The third-order valence-electron chi connectivity index (χ3n) is 4.52. The molecule has 4 rings (SSSR count). The lowest BCUT2D eigenvalue weighted by atomic mass is 9.91. The van der Waals surface area contributed by atoms with Gasteiger partial charge in [-0.2, -0.15) is 0 Å². The van der Waals surface area contributed by atoms with Crippen molar-refractivity contribution in [1.82, 2.24) is 10.2 Å². The molecule has 0 aliphatic heterocycles. The van der Waals surface area contributed by atoms with E-state index in [0.29, 0.717) is 22.8 Å². The molecule has 0 bridgehead atoms. The zero-order valence-electron chi connectivity index (χ0n) is 14.1. The summed E-state index contributed by atoms with van der Waals surface area (Å²) in [6.07, 6.45) is 4.16. The van der Waals surface area contributed by atoms with Crippen LogP contribution < -0.4 is 4.74 Å². The molecule has 0 N–H and O–H groups in total. The van der Waals surface area contributed by atoms with E-state index in [0.717, 1.165) is 17.7 Å². The summed E-state index contributed by atoms with van der Waals surface area (Å²) in [5.41, 5.74) is 3.99. The monoisotopic (exact) mass is 352 g/mol. The molecular weight excluding hydrogens is 332 g/mol. The highest BCUT2D eigenvalue weighted by atomic mass is 32.2. The molecule has 0 unspecified atom stereocenters. The number of fused-ring (bicyclic) bond motifs is 1. The molecule has 1 heterocycles. The molecule has 0 saturated heterocycles. The lowest BCUT2D eigenvalue weighted by Crippen LogP contribution is -2.06. The van der Waals surface area contributed by atoms with Crippen molar-refractivity contribution >= 4 is 11.8 Å². The fourth-order valence-electron chi connectivity index (χ4n) is 3.23. The summed E-state index contributed by atoms with van der Waals surface area (Å²) in [5.74, 6) is 1.50. The molecule has 0 fully saturated rings. The summed E-state index contributed by atoms with van der Waals surface area (Å²) in [5, 5.41) is 9.50. The average Bonchev–Trinajstić information content (AvgIpc) is 3.09. The largest absolute Gasteiger partial charge is 0.497 e. The second-order valence-corrected chi connectivity index (χ2v) is 7.34. The Kier molecular flexibility index (Phi) is 4.74. The number of hydrogen-bond donors (Lipinski definition) is 0. The number of thioether (sulfide) groups is 1. The van der Waals surface area contributed by atoms with Gasteiger partial charge in [-0.25, -0.2) is 0 Å². The molecule has 0 radical (unpaired) electrons. The molecule has 1 aromatic heterocycles. The molecule has 128 valence electrons. The predicted molar refractivity (Wildman–Crippen MR) is 98.1 cm³/mol. The van der Waals surface area contributed by atoms with Crippen LogP contribution in [0.5, 0.6) is 5.75 Å². The summed E-state index contributed by atoms with van der Waals surface area (Å²) >= 11 is 1.68. The number of hydrogen-bond acceptors (Lipinski definition) is 5. The zero-order chi connectivity index (χ0) is 17.1. The molecule has 4 nitrogen and oxygen atoms in total. The quantitative estimate of drug-likeness (QED) is 0.658. The van der Waals surface area contributed by atoms with Gasteiger partial charge in [0.1, 0.15) is 5.75 Å². The Hall–Kier alpha value is -2.27. The van der Waals surface area contributed by atoms with Crippen molar-refractivity contribution < 1.29 is 9.15 Å². The van der Waals surface area contributed by atoms with Gasteiger partial charge in [0.05, 0.1) is 13.5 Å². The fraction of sp³-hybridized carbons (Fsp3) is 0.300. The second kappa shape index (κ2) is 7.31. The van der Waals surface area contributed by atoms with Crippen LogP contribution in [0.1, 0.15) is 40.7 Å². The van der Waals surface area contributed by atoms with Gasteiger partial charge in [-0.05, 0) is 48.1 Å². The summed E-state index contributed by atoms with van der Waals surface area (Å²) in [6, 6.07) is 16.6. The first-order valence-electron chi connectivity index (χ1n) is 8.51. The van der Waals surface area contributed by atoms with Crippen molar-refractivity contribution in [1.29, 1.82) is 0 Å². The number of methoxy groups -OCH3 is 1. The molecule has 25 heavy (non-hydrogen) atoms. The second-order valence-electron chi connectivity index (χ2n) is 6.18. The van der Waals surface area contributed by atoms with Crippen LogP contribution in [0.25, 0.3) is 0 Å². The van der Waals surface area contributed by atoms with Gasteiger partial charge in [0.25, 0.3) is 5.22 Å². The molecule has 3 aromatic rings. The minimum absolute atomic E-state index is 0.402. The smallest absolute Gasteiger partial charge is 0.277 e. The van der Waals surface area contributed by atoms with E-state index < -0.39 is 0 Å². The highest BCUT2D eigenvalue weighted by molar-refractivity contribution is 7.99. The van der Waals surface area contributed by atoms with E-state index in [4.69, 9.17) is 9.15 Å². The van der Waals surface area contributed by atoms with Crippen LogP contribution in [0.3, 0.4) is 0 Å². The average molecular weight is 352 g/mol. The first-order valence-corrected chi connectivity index (χ1v) is 9.39. The molecule has 1 aliphatic carbocycles.